The van der Waals surface area contributed by atoms with Crippen molar-refractivity contribution >= 4 is 5.78 Å². The van der Waals surface area contributed by atoms with Crippen molar-refractivity contribution in [1.82, 2.24) is 0 Å². The van der Waals surface area contributed by atoms with E-state index in [9.17, 15) is 4.79 Å². The van der Waals surface area contributed by atoms with E-state index < -0.39 is 12.1 Å². The average molecular weight is 143 g/mol. The minimum atomic E-state index is -0.940. The summed E-state index contributed by atoms with van der Waals surface area (Å²) in [6.07, 6.45) is -0.909. The topological polar surface area (TPSA) is 86.1 Å². The molecule has 0 unspecified atom stereocenters. The fourth-order valence-electron chi connectivity index (χ4n) is 0.573. The second-order valence-corrected chi connectivity index (χ2v) is 2.00. The van der Waals surface area contributed by atoms with E-state index in [1.54, 1.807) is 0 Å². The SMILES string of the molecule is CC(=O)[C@@H](N=[N+]=[N-])[C@H](C)O. The van der Waals surface area contributed by atoms with Gasteiger partial charge in [-0.15, -0.1) is 0 Å². The molecule has 10 heavy (non-hydrogen) atoms. The number of nitrogens with zero attached hydrogens (tertiary/aromatic N) is 3. The number of carbonyl (C=O) groups excluding carboxylic acids is 1. The number of Topliss-reactive ketones (excluding diaryl/α,β-unsaturated/α-hetero) is 1. The summed E-state index contributed by atoms with van der Waals surface area (Å²) in [5, 5.41) is 11.9. The Balaban J connectivity index is 4.26. The third-order valence-corrected chi connectivity index (χ3v) is 1.05. The Morgan fingerprint density at radius 2 is 2.30 bits per heavy atom. The zero-order valence-electron chi connectivity index (χ0n) is 5.85. The number of rotatable bonds is 3. The summed E-state index contributed by atoms with van der Waals surface area (Å²) in [6.45, 7) is 2.67. The standard InChI is InChI=1S/C5H9N3O2/c1-3(9)5(4(2)10)7-8-6/h3,5,9H,1-2H3/t3-,5-/m0/s1. The predicted molar refractivity (Wildman–Crippen MR) is 35.3 cm³/mol. The molecule has 0 aliphatic carbocycles. The van der Waals surface area contributed by atoms with Crippen molar-refractivity contribution in [2.45, 2.75) is 26.0 Å². The van der Waals surface area contributed by atoms with Gasteiger partial charge in [0.2, 0.25) is 0 Å². The number of hydrogen-bond donors (Lipinski definition) is 1. The molecule has 0 saturated heterocycles. The average Bonchev–Trinajstić information content (AvgIpc) is 1.81. The van der Waals surface area contributed by atoms with Gasteiger partial charge in [0.25, 0.3) is 0 Å². The molecule has 0 heterocycles. The molecular formula is C5H9N3O2. The van der Waals surface area contributed by atoms with Gasteiger partial charge in [0.1, 0.15) is 11.8 Å². The Hall–Kier alpha value is -1.06. The Labute approximate surface area is 58.3 Å². The zero-order chi connectivity index (χ0) is 8.15. The van der Waals surface area contributed by atoms with Gasteiger partial charge in [-0.1, -0.05) is 5.11 Å². The summed E-state index contributed by atoms with van der Waals surface area (Å²) in [7, 11) is 0. The van der Waals surface area contributed by atoms with E-state index in [1.807, 2.05) is 0 Å². The first kappa shape index (κ1) is 8.94. The van der Waals surface area contributed by atoms with E-state index in [0.717, 1.165) is 0 Å². The number of azide groups is 1. The Morgan fingerprint density at radius 1 is 1.80 bits per heavy atom. The molecule has 5 heteroatoms. The van der Waals surface area contributed by atoms with Crippen LogP contribution in [0, 0.1) is 0 Å². The Bertz CT molecular complexity index is 170. The lowest BCUT2D eigenvalue weighted by atomic mass is 10.1. The van der Waals surface area contributed by atoms with Crippen molar-refractivity contribution < 1.29 is 9.90 Å². The molecule has 5 nitrogen and oxygen atoms in total. The maximum absolute atomic E-state index is 10.6. The van der Waals surface area contributed by atoms with E-state index in [2.05, 4.69) is 10.0 Å². The van der Waals surface area contributed by atoms with Crippen molar-refractivity contribution in [1.29, 1.82) is 0 Å². The highest BCUT2D eigenvalue weighted by molar-refractivity contribution is 5.82. The first-order chi connectivity index (χ1) is 4.59. The largest absolute Gasteiger partial charge is 0.393 e. The molecule has 1 N–H and O–H groups in total. The Morgan fingerprint density at radius 3 is 2.40 bits per heavy atom. The summed E-state index contributed by atoms with van der Waals surface area (Å²) in [5.41, 5.74) is 7.93. The molecule has 0 aromatic rings. The van der Waals surface area contributed by atoms with Crippen LogP contribution in [0.25, 0.3) is 10.4 Å². The van der Waals surface area contributed by atoms with E-state index in [0.29, 0.717) is 0 Å². The number of ketones is 1. The van der Waals surface area contributed by atoms with E-state index in [1.165, 1.54) is 13.8 Å². The molecule has 2 atom stereocenters. The number of carbonyl (C=O) groups is 1. The molecular weight excluding hydrogens is 134 g/mol. The molecule has 0 amide bonds. The fourth-order valence-corrected chi connectivity index (χ4v) is 0.573. The number of aliphatic hydroxyl groups is 1. The lowest BCUT2D eigenvalue weighted by Crippen LogP contribution is -2.27. The summed E-state index contributed by atoms with van der Waals surface area (Å²) < 4.78 is 0. The molecule has 0 spiro atoms. The minimum Gasteiger partial charge on any atom is -0.393 e. The van der Waals surface area contributed by atoms with Crippen LogP contribution in [-0.2, 0) is 4.79 Å². The van der Waals surface area contributed by atoms with Gasteiger partial charge >= 0.3 is 0 Å². The van der Waals surface area contributed by atoms with Crippen LogP contribution >= 0.6 is 0 Å². The van der Waals surface area contributed by atoms with Crippen molar-refractivity contribution in [3.8, 4) is 0 Å². The highest BCUT2D eigenvalue weighted by Gasteiger charge is 2.17. The van der Waals surface area contributed by atoms with Crippen LogP contribution in [0.5, 0.6) is 0 Å². The summed E-state index contributed by atoms with van der Waals surface area (Å²) in [5.74, 6) is -0.326. The lowest BCUT2D eigenvalue weighted by molar-refractivity contribution is -0.120. The van der Waals surface area contributed by atoms with Crippen molar-refractivity contribution in [2.75, 3.05) is 0 Å². The second kappa shape index (κ2) is 3.87. The van der Waals surface area contributed by atoms with Gasteiger partial charge in [0, 0.05) is 4.91 Å². The van der Waals surface area contributed by atoms with Gasteiger partial charge in [-0.05, 0) is 19.4 Å². The minimum absolute atomic E-state index is 0.326. The zero-order valence-corrected chi connectivity index (χ0v) is 5.85. The first-order valence-electron chi connectivity index (χ1n) is 2.82. The third kappa shape index (κ3) is 2.48. The molecule has 0 aromatic heterocycles. The van der Waals surface area contributed by atoms with E-state index in [-0.39, 0.29) is 5.78 Å². The molecule has 0 bridgehead atoms. The van der Waals surface area contributed by atoms with Crippen LogP contribution in [0.1, 0.15) is 13.8 Å². The first-order valence-corrected chi connectivity index (χ1v) is 2.82. The number of hydrogen-bond acceptors (Lipinski definition) is 3. The van der Waals surface area contributed by atoms with Crippen LogP contribution in [-0.4, -0.2) is 23.0 Å². The van der Waals surface area contributed by atoms with Crippen LogP contribution in [0.2, 0.25) is 0 Å². The molecule has 0 rings (SSSR count). The highest BCUT2D eigenvalue weighted by atomic mass is 16.3. The molecule has 0 aliphatic heterocycles. The summed E-state index contributed by atoms with van der Waals surface area (Å²) in [4.78, 5) is 13.0. The van der Waals surface area contributed by atoms with Crippen LogP contribution in [0.4, 0.5) is 0 Å². The van der Waals surface area contributed by atoms with E-state index >= 15 is 0 Å². The normalized spacial score (nSPS) is 15.1. The lowest BCUT2D eigenvalue weighted by Gasteiger charge is -2.08. The molecule has 0 aliphatic rings. The molecule has 0 saturated carbocycles. The van der Waals surface area contributed by atoms with E-state index in [4.69, 9.17) is 10.6 Å². The van der Waals surface area contributed by atoms with Gasteiger partial charge in [0.15, 0.2) is 0 Å². The smallest absolute Gasteiger partial charge is 0.141 e. The number of aliphatic hydroxyl groups excluding tert-OH is 1. The van der Waals surface area contributed by atoms with Gasteiger partial charge in [-0.3, -0.25) is 4.79 Å². The maximum Gasteiger partial charge on any atom is 0.141 e. The van der Waals surface area contributed by atoms with Crippen LogP contribution in [0.3, 0.4) is 0 Å². The van der Waals surface area contributed by atoms with Gasteiger partial charge in [0.05, 0.1) is 6.10 Å². The van der Waals surface area contributed by atoms with Crippen LogP contribution < -0.4 is 0 Å². The van der Waals surface area contributed by atoms with Crippen molar-refractivity contribution in [3.05, 3.63) is 10.4 Å². The highest BCUT2D eigenvalue weighted by Crippen LogP contribution is 1.99. The fraction of sp³-hybridized carbons (Fsp3) is 0.800. The van der Waals surface area contributed by atoms with Gasteiger partial charge in [-0.2, -0.15) is 0 Å². The summed E-state index contributed by atoms with van der Waals surface area (Å²) in [6, 6.07) is -0.940. The Kier molecular flexibility index (Phi) is 3.46. The van der Waals surface area contributed by atoms with Crippen molar-refractivity contribution in [2.24, 2.45) is 5.11 Å². The second-order valence-electron chi connectivity index (χ2n) is 2.00. The van der Waals surface area contributed by atoms with Crippen LogP contribution in [0.15, 0.2) is 5.11 Å². The quantitative estimate of drug-likeness (QED) is 0.357. The third-order valence-electron chi connectivity index (χ3n) is 1.05. The molecule has 0 radical (unpaired) electrons. The molecule has 56 valence electrons. The van der Waals surface area contributed by atoms with Gasteiger partial charge < -0.3 is 5.11 Å². The monoisotopic (exact) mass is 143 g/mol. The molecule has 0 fully saturated rings. The van der Waals surface area contributed by atoms with Crippen molar-refractivity contribution in [3.63, 3.8) is 0 Å². The predicted octanol–water partition coefficient (Wildman–Crippen LogP) is 0.635. The molecule has 0 aromatic carbocycles. The maximum atomic E-state index is 10.6. The summed E-state index contributed by atoms with van der Waals surface area (Å²) >= 11 is 0. The van der Waals surface area contributed by atoms with Gasteiger partial charge in [-0.25, -0.2) is 0 Å².